The second kappa shape index (κ2) is 8.27. The van der Waals surface area contributed by atoms with Gasteiger partial charge in [0.05, 0.1) is 34.8 Å². The largest absolute Gasteiger partial charge is 0.493 e. The molecule has 1 aliphatic rings. The van der Waals surface area contributed by atoms with Gasteiger partial charge in [-0.05, 0) is 30.3 Å². The monoisotopic (exact) mass is 478 g/mol. The number of aliphatic hydroxyl groups excluding tert-OH is 1. The van der Waals surface area contributed by atoms with Crippen molar-refractivity contribution >= 4 is 21.6 Å². The van der Waals surface area contributed by atoms with Crippen LogP contribution in [-0.2, 0) is 16.2 Å². The number of alkyl halides is 3. The van der Waals surface area contributed by atoms with Crippen molar-refractivity contribution in [2.24, 2.45) is 5.41 Å². The third kappa shape index (κ3) is 4.62. The molecule has 12 heteroatoms. The molecule has 0 radical (unpaired) electrons. The number of nitrogens with zero attached hydrogens (tertiary/aromatic N) is 2. The summed E-state index contributed by atoms with van der Waals surface area (Å²) < 4.78 is 83.9. The van der Waals surface area contributed by atoms with Gasteiger partial charge in [0.25, 0.3) is 0 Å². The Morgan fingerprint density at radius 1 is 1.23 bits per heavy atom. The summed E-state index contributed by atoms with van der Waals surface area (Å²) in [4.78, 5) is -0.483. The van der Waals surface area contributed by atoms with E-state index in [1.807, 2.05) is 0 Å². The zero-order valence-electron chi connectivity index (χ0n) is 15.7. The Morgan fingerprint density at radius 3 is 2.42 bits per heavy atom. The number of hydrogen-bond acceptors (Lipinski definition) is 5. The molecular weight excluding hydrogens is 464 g/mol. The van der Waals surface area contributed by atoms with Crippen molar-refractivity contribution in [2.45, 2.75) is 11.1 Å². The first-order valence-electron chi connectivity index (χ1n) is 8.72. The Labute approximate surface area is 180 Å². The molecule has 0 atom stereocenters. The number of benzene rings is 2. The average Bonchev–Trinajstić information content (AvgIpc) is 2.66. The fourth-order valence-corrected chi connectivity index (χ4v) is 5.23. The highest BCUT2D eigenvalue weighted by molar-refractivity contribution is 7.89. The molecule has 1 N–H and O–H groups in total. The maximum atomic E-state index is 13.7. The van der Waals surface area contributed by atoms with E-state index in [9.17, 15) is 31.1 Å². The number of hydrogen-bond donors (Lipinski definition) is 1. The second-order valence-electron chi connectivity index (χ2n) is 7.12. The Balaban J connectivity index is 1.71. The lowest BCUT2D eigenvalue weighted by molar-refractivity contribution is -0.137. The zero-order valence-corrected chi connectivity index (χ0v) is 17.2. The molecule has 0 aliphatic carbocycles. The van der Waals surface area contributed by atoms with Gasteiger partial charge < -0.3 is 9.84 Å². The molecule has 0 aromatic heterocycles. The van der Waals surface area contributed by atoms with E-state index in [4.69, 9.17) is 21.6 Å². The molecule has 0 spiro atoms. The van der Waals surface area contributed by atoms with E-state index < -0.39 is 49.5 Å². The van der Waals surface area contributed by atoms with E-state index in [2.05, 4.69) is 0 Å². The van der Waals surface area contributed by atoms with Gasteiger partial charge in [-0.25, -0.2) is 12.8 Å². The van der Waals surface area contributed by atoms with Gasteiger partial charge in [-0.3, -0.25) is 0 Å². The molecule has 0 saturated carbocycles. The Bertz CT molecular complexity index is 1140. The van der Waals surface area contributed by atoms with Crippen molar-refractivity contribution in [1.29, 1.82) is 5.26 Å². The van der Waals surface area contributed by atoms with E-state index in [1.54, 1.807) is 6.07 Å². The average molecular weight is 479 g/mol. The summed E-state index contributed by atoms with van der Waals surface area (Å²) in [6, 6.07) is 7.20. The first-order valence-corrected chi connectivity index (χ1v) is 10.5. The Morgan fingerprint density at radius 2 is 1.90 bits per heavy atom. The summed E-state index contributed by atoms with van der Waals surface area (Å²) in [6.45, 7) is -0.954. The molecule has 31 heavy (non-hydrogen) atoms. The molecule has 2 aromatic carbocycles. The van der Waals surface area contributed by atoms with Crippen molar-refractivity contribution in [3.63, 3.8) is 0 Å². The van der Waals surface area contributed by atoms with Gasteiger partial charge >= 0.3 is 6.18 Å². The fraction of sp³-hybridized carbons (Fsp3) is 0.316. The van der Waals surface area contributed by atoms with Gasteiger partial charge in [0, 0.05) is 19.2 Å². The number of rotatable bonds is 6. The molecule has 2 aromatic rings. The van der Waals surface area contributed by atoms with Crippen molar-refractivity contribution in [3.05, 3.63) is 58.4 Å². The van der Waals surface area contributed by atoms with Crippen LogP contribution in [0.25, 0.3) is 0 Å². The highest BCUT2D eigenvalue weighted by Crippen LogP contribution is 2.39. The fourth-order valence-electron chi connectivity index (χ4n) is 3.05. The van der Waals surface area contributed by atoms with E-state index in [-0.39, 0.29) is 31.0 Å². The van der Waals surface area contributed by atoms with E-state index in [0.717, 1.165) is 16.4 Å². The normalized spacial score (nSPS) is 16.4. The molecule has 6 nitrogen and oxygen atoms in total. The SMILES string of the molecule is N#Cc1ccc(OCC2(CO)CN(S(=O)(=O)c3ccc(C(F)(F)F)cc3Cl)C2)cc1F. The van der Waals surface area contributed by atoms with Gasteiger partial charge in [0.15, 0.2) is 0 Å². The maximum absolute atomic E-state index is 13.7. The highest BCUT2D eigenvalue weighted by Gasteiger charge is 2.49. The Kier molecular flexibility index (Phi) is 6.21. The Hall–Kier alpha value is -2.39. The van der Waals surface area contributed by atoms with Crippen molar-refractivity contribution < 1.29 is 35.8 Å². The summed E-state index contributed by atoms with van der Waals surface area (Å²) in [7, 11) is -4.20. The number of nitriles is 1. The van der Waals surface area contributed by atoms with Crippen molar-refractivity contribution in [2.75, 3.05) is 26.3 Å². The molecular formula is C19H15ClF4N2O4S. The van der Waals surface area contributed by atoms with Gasteiger partial charge in [-0.15, -0.1) is 0 Å². The van der Waals surface area contributed by atoms with Crippen LogP contribution in [0.15, 0.2) is 41.3 Å². The van der Waals surface area contributed by atoms with E-state index in [0.29, 0.717) is 12.1 Å². The minimum atomic E-state index is -4.67. The molecule has 0 bridgehead atoms. The van der Waals surface area contributed by atoms with Crippen LogP contribution in [0.2, 0.25) is 5.02 Å². The van der Waals surface area contributed by atoms with Gasteiger partial charge in [0.1, 0.15) is 22.5 Å². The molecule has 166 valence electrons. The van der Waals surface area contributed by atoms with E-state index >= 15 is 0 Å². The molecule has 0 amide bonds. The quantitative estimate of drug-likeness (QED) is 0.642. The third-order valence-corrected chi connectivity index (χ3v) is 7.12. The predicted octanol–water partition coefficient (Wildman–Crippen LogP) is 3.43. The predicted molar refractivity (Wildman–Crippen MR) is 101 cm³/mol. The van der Waals surface area contributed by atoms with Crippen LogP contribution >= 0.6 is 11.6 Å². The summed E-state index contributed by atoms with van der Waals surface area (Å²) in [5.74, 6) is -0.691. The third-order valence-electron chi connectivity index (χ3n) is 4.84. The topological polar surface area (TPSA) is 90.6 Å². The van der Waals surface area contributed by atoms with Crippen molar-refractivity contribution in [3.8, 4) is 11.8 Å². The highest BCUT2D eigenvalue weighted by atomic mass is 35.5. The molecule has 1 saturated heterocycles. The number of sulfonamides is 1. The van der Waals surface area contributed by atoms with Gasteiger partial charge in [0.2, 0.25) is 10.0 Å². The summed E-state index contributed by atoms with van der Waals surface area (Å²) >= 11 is 5.79. The van der Waals surface area contributed by atoms with Crippen LogP contribution in [0.4, 0.5) is 17.6 Å². The lowest BCUT2D eigenvalue weighted by Crippen LogP contribution is -2.62. The molecule has 1 fully saturated rings. The lowest BCUT2D eigenvalue weighted by atomic mass is 9.83. The smallest absolute Gasteiger partial charge is 0.416 e. The first kappa shape index (κ1) is 23.3. The van der Waals surface area contributed by atoms with Crippen molar-refractivity contribution in [1.82, 2.24) is 4.31 Å². The molecule has 1 heterocycles. The van der Waals surface area contributed by atoms with Gasteiger partial charge in [-0.1, -0.05) is 11.6 Å². The van der Waals surface area contributed by atoms with Crippen LogP contribution in [0, 0.1) is 22.6 Å². The van der Waals surface area contributed by atoms with Crippen LogP contribution in [-0.4, -0.2) is 44.1 Å². The van der Waals surface area contributed by atoms with Crippen LogP contribution in [0.1, 0.15) is 11.1 Å². The molecule has 0 unspecified atom stereocenters. The maximum Gasteiger partial charge on any atom is 0.416 e. The summed E-state index contributed by atoms with van der Waals surface area (Å²) in [5, 5.41) is 17.9. The van der Waals surface area contributed by atoms with Crippen LogP contribution < -0.4 is 4.74 Å². The van der Waals surface area contributed by atoms with Gasteiger partial charge in [-0.2, -0.15) is 22.7 Å². The standard InChI is InChI=1S/C19H15ClF4N2O4S/c20-15-5-13(19(22,23)24)2-4-17(15)31(28,29)26-8-18(9-26,10-27)11-30-14-3-1-12(7-25)16(21)6-14/h1-6,27H,8-11H2. The number of aliphatic hydroxyl groups is 1. The van der Waals surface area contributed by atoms with Crippen LogP contribution in [0.3, 0.4) is 0 Å². The minimum absolute atomic E-state index is 0.0939. The minimum Gasteiger partial charge on any atom is -0.493 e. The number of halogens is 5. The van der Waals surface area contributed by atoms with E-state index in [1.165, 1.54) is 12.1 Å². The molecule has 3 rings (SSSR count). The van der Waals surface area contributed by atoms with Crippen LogP contribution in [0.5, 0.6) is 5.75 Å². The summed E-state index contributed by atoms with van der Waals surface area (Å²) in [6.07, 6.45) is -4.67. The molecule has 1 aliphatic heterocycles. The lowest BCUT2D eigenvalue weighted by Gasteiger charge is -2.47. The second-order valence-corrected chi connectivity index (χ2v) is 9.43. The first-order chi connectivity index (χ1) is 14.4. The zero-order chi connectivity index (χ0) is 23.0. The summed E-state index contributed by atoms with van der Waals surface area (Å²) in [5.41, 5.74) is -2.23. The number of ether oxygens (including phenoxy) is 1.